The van der Waals surface area contributed by atoms with E-state index in [1.807, 2.05) is 12.1 Å². The van der Waals surface area contributed by atoms with Gasteiger partial charge in [-0.05, 0) is 12.1 Å². The van der Waals surface area contributed by atoms with Gasteiger partial charge in [0.1, 0.15) is 17.5 Å². The van der Waals surface area contributed by atoms with Crippen molar-refractivity contribution in [3.63, 3.8) is 0 Å². The number of anilines is 1. The fraction of sp³-hybridized carbons (Fsp3) is 0.0625. The van der Waals surface area contributed by atoms with Crippen LogP contribution in [0.5, 0.6) is 5.75 Å². The number of nitrogens with zero attached hydrogens (tertiary/aromatic N) is 4. The summed E-state index contributed by atoms with van der Waals surface area (Å²) < 4.78 is 5.24. The Bertz CT molecular complexity index is 918. The molecule has 8 heteroatoms. The Morgan fingerprint density at radius 2 is 2.17 bits per heavy atom. The molecule has 0 saturated heterocycles. The van der Waals surface area contributed by atoms with E-state index < -0.39 is 5.91 Å². The van der Waals surface area contributed by atoms with Crippen molar-refractivity contribution in [3.05, 3.63) is 53.3 Å². The van der Waals surface area contributed by atoms with E-state index in [0.29, 0.717) is 22.3 Å². The van der Waals surface area contributed by atoms with Crippen molar-refractivity contribution >= 4 is 22.4 Å². The van der Waals surface area contributed by atoms with Gasteiger partial charge in [0.2, 0.25) is 0 Å². The molecule has 0 atom stereocenters. The first-order chi connectivity index (χ1) is 11.7. The zero-order chi connectivity index (χ0) is 16.9. The maximum absolute atomic E-state index is 12.4. The number of rotatable bonds is 4. The fourth-order valence-electron chi connectivity index (χ4n) is 1.93. The average Bonchev–Trinajstić information content (AvgIpc) is 3.09. The molecule has 0 bridgehead atoms. The van der Waals surface area contributed by atoms with Gasteiger partial charge in [-0.1, -0.05) is 6.07 Å². The van der Waals surface area contributed by atoms with Gasteiger partial charge in [0.05, 0.1) is 18.5 Å². The Morgan fingerprint density at radius 1 is 1.29 bits per heavy atom. The molecule has 24 heavy (non-hydrogen) atoms. The summed E-state index contributed by atoms with van der Waals surface area (Å²) in [5, 5.41) is 13.3. The van der Waals surface area contributed by atoms with Gasteiger partial charge in [-0.2, -0.15) is 5.26 Å². The first-order valence-electron chi connectivity index (χ1n) is 6.84. The Balaban J connectivity index is 1.92. The molecular weight excluding hydrogens is 326 g/mol. The molecule has 0 aromatic carbocycles. The lowest BCUT2D eigenvalue weighted by atomic mass is 10.2. The molecular formula is C16H11N5O2S. The van der Waals surface area contributed by atoms with Crippen LogP contribution in [0.3, 0.4) is 0 Å². The van der Waals surface area contributed by atoms with Crippen LogP contribution in [0.4, 0.5) is 5.13 Å². The highest BCUT2D eigenvalue weighted by molar-refractivity contribution is 7.14. The van der Waals surface area contributed by atoms with Crippen LogP contribution in [0.25, 0.3) is 11.4 Å². The van der Waals surface area contributed by atoms with Crippen molar-refractivity contribution < 1.29 is 9.53 Å². The smallest absolute Gasteiger partial charge is 0.276 e. The van der Waals surface area contributed by atoms with Crippen molar-refractivity contribution in [3.8, 4) is 23.2 Å². The second-order valence-corrected chi connectivity index (χ2v) is 5.45. The summed E-state index contributed by atoms with van der Waals surface area (Å²) in [6, 6.07) is 10.6. The van der Waals surface area contributed by atoms with Gasteiger partial charge in [0.25, 0.3) is 5.91 Å². The first-order valence-corrected chi connectivity index (χ1v) is 7.72. The van der Waals surface area contributed by atoms with Gasteiger partial charge in [-0.3, -0.25) is 15.1 Å². The lowest BCUT2D eigenvalue weighted by Gasteiger charge is -2.07. The molecule has 0 radical (unpaired) electrons. The predicted molar refractivity (Wildman–Crippen MR) is 88.8 cm³/mol. The molecule has 3 aromatic heterocycles. The topological polar surface area (TPSA) is 101 Å². The van der Waals surface area contributed by atoms with Crippen molar-refractivity contribution in [2.24, 2.45) is 0 Å². The van der Waals surface area contributed by atoms with Crippen LogP contribution in [-0.2, 0) is 0 Å². The summed E-state index contributed by atoms with van der Waals surface area (Å²) in [5.41, 5.74) is 1.58. The van der Waals surface area contributed by atoms with E-state index in [1.165, 1.54) is 24.5 Å². The second-order valence-electron chi connectivity index (χ2n) is 4.60. The van der Waals surface area contributed by atoms with E-state index in [0.717, 1.165) is 0 Å². The summed E-state index contributed by atoms with van der Waals surface area (Å²) in [7, 11) is 1.51. The lowest BCUT2D eigenvalue weighted by Crippen LogP contribution is -2.14. The number of nitriles is 1. The van der Waals surface area contributed by atoms with Gasteiger partial charge < -0.3 is 4.74 Å². The summed E-state index contributed by atoms with van der Waals surface area (Å²) in [4.78, 5) is 24.9. The maximum Gasteiger partial charge on any atom is 0.276 e. The number of methoxy groups -OCH3 is 1. The van der Waals surface area contributed by atoms with Crippen LogP contribution in [-0.4, -0.2) is 28.0 Å². The number of ether oxygens (including phenoxy) is 1. The van der Waals surface area contributed by atoms with Gasteiger partial charge in [-0.15, -0.1) is 11.3 Å². The molecule has 0 fully saturated rings. The highest BCUT2D eigenvalue weighted by Gasteiger charge is 2.14. The van der Waals surface area contributed by atoms with E-state index in [1.54, 1.807) is 29.8 Å². The minimum Gasteiger partial charge on any atom is -0.497 e. The Kier molecular flexibility index (Phi) is 4.45. The van der Waals surface area contributed by atoms with Crippen LogP contribution in [0.2, 0.25) is 0 Å². The molecule has 3 heterocycles. The molecule has 118 valence electrons. The molecule has 3 aromatic rings. The number of carbonyl (C=O) groups is 1. The molecule has 0 aliphatic rings. The SMILES string of the molecule is COc1cc(C(=O)Nc2nc(C#N)cs2)nc(-c2ccccn2)c1. The third-order valence-corrected chi connectivity index (χ3v) is 3.79. The average molecular weight is 337 g/mol. The van der Waals surface area contributed by atoms with Crippen LogP contribution < -0.4 is 10.1 Å². The molecule has 0 spiro atoms. The number of aromatic nitrogens is 3. The summed E-state index contributed by atoms with van der Waals surface area (Å²) in [5.74, 6) is 0.0533. The monoisotopic (exact) mass is 337 g/mol. The standard InChI is InChI=1S/C16H11N5O2S/c1-23-11-6-13(12-4-2-3-5-18-12)20-14(7-11)15(22)21-16-19-10(8-17)9-24-16/h2-7,9H,1H3,(H,19,21,22). The predicted octanol–water partition coefficient (Wildman–Crippen LogP) is 2.73. The number of hydrogen-bond donors (Lipinski definition) is 1. The highest BCUT2D eigenvalue weighted by atomic mass is 32.1. The van der Waals surface area contributed by atoms with Gasteiger partial charge in [-0.25, -0.2) is 9.97 Å². The third-order valence-electron chi connectivity index (χ3n) is 3.03. The maximum atomic E-state index is 12.4. The van der Waals surface area contributed by atoms with Gasteiger partial charge >= 0.3 is 0 Å². The Hall–Kier alpha value is -3.31. The molecule has 1 amide bonds. The van der Waals surface area contributed by atoms with Crippen LogP contribution >= 0.6 is 11.3 Å². The minimum absolute atomic E-state index is 0.170. The van der Waals surface area contributed by atoms with Crippen LogP contribution in [0.1, 0.15) is 16.2 Å². The number of pyridine rings is 2. The minimum atomic E-state index is -0.440. The zero-order valence-corrected chi connectivity index (χ0v) is 13.4. The van der Waals surface area contributed by atoms with E-state index in [4.69, 9.17) is 10.00 Å². The largest absolute Gasteiger partial charge is 0.497 e. The quantitative estimate of drug-likeness (QED) is 0.785. The summed E-state index contributed by atoms with van der Waals surface area (Å²) in [6.07, 6.45) is 1.65. The van der Waals surface area contributed by atoms with Crippen LogP contribution in [0, 0.1) is 11.3 Å². The number of nitrogens with one attached hydrogen (secondary N) is 1. The lowest BCUT2D eigenvalue weighted by molar-refractivity contribution is 0.102. The third kappa shape index (κ3) is 3.37. The molecule has 0 aliphatic heterocycles. The normalized spacial score (nSPS) is 10.0. The number of hydrogen-bond acceptors (Lipinski definition) is 7. The van der Waals surface area contributed by atoms with Crippen LogP contribution in [0.15, 0.2) is 41.9 Å². The van der Waals surface area contributed by atoms with Crippen molar-refractivity contribution in [1.29, 1.82) is 5.26 Å². The van der Waals surface area contributed by atoms with E-state index in [9.17, 15) is 4.79 Å². The van der Waals surface area contributed by atoms with E-state index in [-0.39, 0.29) is 11.4 Å². The molecule has 7 nitrogen and oxygen atoms in total. The summed E-state index contributed by atoms with van der Waals surface area (Å²) >= 11 is 1.17. The van der Waals surface area contributed by atoms with E-state index >= 15 is 0 Å². The van der Waals surface area contributed by atoms with Crippen molar-refractivity contribution in [2.75, 3.05) is 12.4 Å². The second kappa shape index (κ2) is 6.85. The van der Waals surface area contributed by atoms with E-state index in [2.05, 4.69) is 20.3 Å². The zero-order valence-electron chi connectivity index (χ0n) is 12.6. The molecule has 0 unspecified atom stereocenters. The summed E-state index contributed by atoms with van der Waals surface area (Å²) in [6.45, 7) is 0. The van der Waals surface area contributed by atoms with Crippen molar-refractivity contribution in [2.45, 2.75) is 0 Å². The highest BCUT2D eigenvalue weighted by Crippen LogP contribution is 2.22. The fourth-order valence-corrected chi connectivity index (χ4v) is 2.56. The number of thiazole rings is 1. The molecule has 0 aliphatic carbocycles. The number of carbonyl (C=O) groups excluding carboxylic acids is 1. The number of amides is 1. The first kappa shape index (κ1) is 15.6. The Morgan fingerprint density at radius 3 is 2.83 bits per heavy atom. The molecule has 0 saturated carbocycles. The Labute approximate surface area is 141 Å². The molecule has 1 N–H and O–H groups in total. The van der Waals surface area contributed by atoms with Gasteiger partial charge in [0, 0.05) is 23.7 Å². The van der Waals surface area contributed by atoms with Gasteiger partial charge in [0.15, 0.2) is 10.8 Å². The molecule has 3 rings (SSSR count). The van der Waals surface area contributed by atoms with Crippen molar-refractivity contribution in [1.82, 2.24) is 15.0 Å².